The first kappa shape index (κ1) is 14.5. The highest BCUT2D eigenvalue weighted by atomic mass is 15.4. The highest BCUT2D eigenvalue weighted by Crippen LogP contribution is 2.22. The van der Waals surface area contributed by atoms with Crippen molar-refractivity contribution >= 4 is 5.82 Å². The fourth-order valence-electron chi connectivity index (χ4n) is 2.13. The summed E-state index contributed by atoms with van der Waals surface area (Å²) < 4.78 is 1.81. The highest BCUT2D eigenvalue weighted by molar-refractivity contribution is 5.56. The molecule has 0 saturated heterocycles. The molecule has 100 valence electrons. The normalized spacial score (nSPS) is 10.7. The molecule has 0 amide bonds. The highest BCUT2D eigenvalue weighted by Gasteiger charge is 2.17. The molecule has 5 heteroatoms. The number of hydrogen-bond acceptors (Lipinski definition) is 4. The van der Waals surface area contributed by atoms with Crippen LogP contribution < -0.4 is 4.90 Å². The molecule has 18 heavy (non-hydrogen) atoms. The zero-order chi connectivity index (χ0) is 13.7. The molecule has 0 spiro atoms. The average molecular weight is 249 g/mol. The van der Waals surface area contributed by atoms with E-state index >= 15 is 0 Å². The van der Waals surface area contributed by atoms with Crippen LogP contribution in [0.25, 0.3) is 0 Å². The molecule has 0 radical (unpaired) electrons. The van der Waals surface area contributed by atoms with E-state index in [9.17, 15) is 5.26 Å². The van der Waals surface area contributed by atoms with Crippen LogP contribution in [0.2, 0.25) is 0 Å². The van der Waals surface area contributed by atoms with E-state index in [4.69, 9.17) is 0 Å². The summed E-state index contributed by atoms with van der Waals surface area (Å²) in [7, 11) is 6.05. The van der Waals surface area contributed by atoms with Gasteiger partial charge in [0.15, 0.2) is 0 Å². The standard InChI is InChI=1S/C13H23N5/c1-6-18(9-7-8-16(3)4)13-12(10-14)11(2)15-17(13)5/h6-9H2,1-5H3. The Kier molecular flexibility index (Phi) is 5.17. The van der Waals surface area contributed by atoms with Gasteiger partial charge < -0.3 is 9.80 Å². The first-order chi connectivity index (χ1) is 8.51. The Balaban J connectivity index is 2.85. The number of hydrogen-bond donors (Lipinski definition) is 0. The number of aryl methyl sites for hydroxylation is 2. The summed E-state index contributed by atoms with van der Waals surface area (Å²) in [6.45, 7) is 6.88. The van der Waals surface area contributed by atoms with Gasteiger partial charge in [-0.25, -0.2) is 0 Å². The first-order valence-electron chi connectivity index (χ1n) is 6.34. The molecule has 5 nitrogen and oxygen atoms in total. The predicted molar refractivity (Wildman–Crippen MR) is 73.7 cm³/mol. The number of anilines is 1. The third-order valence-corrected chi connectivity index (χ3v) is 3.02. The molecule has 1 rings (SSSR count). The Morgan fingerprint density at radius 3 is 2.50 bits per heavy atom. The Bertz CT molecular complexity index is 427. The van der Waals surface area contributed by atoms with Crippen LogP contribution in [0.1, 0.15) is 24.6 Å². The van der Waals surface area contributed by atoms with Crippen molar-refractivity contribution in [2.24, 2.45) is 7.05 Å². The maximum Gasteiger partial charge on any atom is 0.144 e. The molecule has 0 unspecified atom stereocenters. The van der Waals surface area contributed by atoms with E-state index < -0.39 is 0 Å². The molecular weight excluding hydrogens is 226 g/mol. The Hall–Kier alpha value is -1.54. The lowest BCUT2D eigenvalue weighted by atomic mass is 10.2. The van der Waals surface area contributed by atoms with Crippen LogP contribution in [0.15, 0.2) is 0 Å². The minimum absolute atomic E-state index is 0.698. The molecular formula is C13H23N5. The Labute approximate surface area is 110 Å². The van der Waals surface area contributed by atoms with E-state index in [1.54, 1.807) is 0 Å². The first-order valence-corrected chi connectivity index (χ1v) is 6.34. The third-order valence-electron chi connectivity index (χ3n) is 3.02. The molecule has 0 N–H and O–H groups in total. The summed E-state index contributed by atoms with van der Waals surface area (Å²) in [5, 5.41) is 13.6. The van der Waals surface area contributed by atoms with E-state index in [-0.39, 0.29) is 0 Å². The molecule has 0 aliphatic rings. The minimum Gasteiger partial charge on any atom is -0.356 e. The van der Waals surface area contributed by atoms with Gasteiger partial charge in [0.2, 0.25) is 0 Å². The van der Waals surface area contributed by atoms with Crippen LogP contribution in [-0.4, -0.2) is 48.4 Å². The van der Waals surface area contributed by atoms with Crippen molar-refractivity contribution in [1.29, 1.82) is 5.26 Å². The second-order valence-corrected chi connectivity index (χ2v) is 4.76. The van der Waals surface area contributed by atoms with E-state index in [2.05, 4.69) is 42.0 Å². The number of aromatic nitrogens is 2. The van der Waals surface area contributed by atoms with Crippen LogP contribution in [0.5, 0.6) is 0 Å². The lowest BCUT2D eigenvalue weighted by molar-refractivity contribution is 0.400. The summed E-state index contributed by atoms with van der Waals surface area (Å²) in [6.07, 6.45) is 1.08. The fourth-order valence-corrected chi connectivity index (χ4v) is 2.13. The van der Waals surface area contributed by atoms with Crippen LogP contribution in [0.4, 0.5) is 5.82 Å². The molecule has 0 saturated carbocycles. The quantitative estimate of drug-likeness (QED) is 0.764. The number of nitriles is 1. The van der Waals surface area contributed by atoms with Gasteiger partial charge in [-0.3, -0.25) is 4.68 Å². The van der Waals surface area contributed by atoms with Crippen LogP contribution in [0, 0.1) is 18.3 Å². The van der Waals surface area contributed by atoms with Crippen molar-refractivity contribution in [3.8, 4) is 6.07 Å². The van der Waals surface area contributed by atoms with Gasteiger partial charge in [-0.05, 0) is 40.9 Å². The zero-order valence-corrected chi connectivity index (χ0v) is 12.1. The second kappa shape index (κ2) is 6.41. The molecule has 0 fully saturated rings. The monoisotopic (exact) mass is 249 g/mol. The maximum absolute atomic E-state index is 9.23. The van der Waals surface area contributed by atoms with Gasteiger partial charge in [-0.2, -0.15) is 10.4 Å². The molecule has 0 aliphatic heterocycles. The van der Waals surface area contributed by atoms with Crippen LogP contribution >= 0.6 is 0 Å². The van der Waals surface area contributed by atoms with Crippen molar-refractivity contribution in [3.63, 3.8) is 0 Å². The predicted octanol–water partition coefficient (Wildman–Crippen LogP) is 1.38. The minimum atomic E-state index is 0.698. The zero-order valence-electron chi connectivity index (χ0n) is 12.1. The maximum atomic E-state index is 9.23. The average Bonchev–Trinajstić information content (AvgIpc) is 2.59. The summed E-state index contributed by atoms with van der Waals surface area (Å²) in [6, 6.07) is 2.26. The van der Waals surface area contributed by atoms with E-state index in [1.165, 1.54) is 0 Å². The van der Waals surface area contributed by atoms with Crippen molar-refractivity contribution in [2.45, 2.75) is 20.3 Å². The lowest BCUT2D eigenvalue weighted by Gasteiger charge is -2.24. The molecule has 1 aromatic heterocycles. The SMILES string of the molecule is CCN(CCCN(C)C)c1c(C#N)c(C)nn1C. The van der Waals surface area contributed by atoms with Gasteiger partial charge in [0.25, 0.3) is 0 Å². The molecule has 1 heterocycles. The van der Waals surface area contributed by atoms with Gasteiger partial charge >= 0.3 is 0 Å². The topological polar surface area (TPSA) is 48.1 Å². The van der Waals surface area contributed by atoms with Crippen LogP contribution in [0.3, 0.4) is 0 Å². The van der Waals surface area contributed by atoms with Crippen LogP contribution in [-0.2, 0) is 7.05 Å². The van der Waals surface area contributed by atoms with Gasteiger partial charge in [0, 0.05) is 20.1 Å². The smallest absolute Gasteiger partial charge is 0.144 e. The fraction of sp³-hybridized carbons (Fsp3) is 0.692. The van der Waals surface area contributed by atoms with Gasteiger partial charge in [0.05, 0.1) is 5.69 Å². The van der Waals surface area contributed by atoms with E-state index in [0.717, 1.165) is 37.6 Å². The van der Waals surface area contributed by atoms with Gasteiger partial charge in [-0.1, -0.05) is 0 Å². The van der Waals surface area contributed by atoms with E-state index in [0.29, 0.717) is 5.56 Å². The Morgan fingerprint density at radius 2 is 2.00 bits per heavy atom. The largest absolute Gasteiger partial charge is 0.356 e. The van der Waals surface area contributed by atoms with Gasteiger partial charge in [0.1, 0.15) is 17.5 Å². The Morgan fingerprint density at radius 1 is 1.33 bits per heavy atom. The molecule has 0 aliphatic carbocycles. The van der Waals surface area contributed by atoms with Crippen molar-refractivity contribution < 1.29 is 0 Å². The summed E-state index contributed by atoms with van der Waals surface area (Å²) in [4.78, 5) is 4.40. The molecule has 0 bridgehead atoms. The summed E-state index contributed by atoms with van der Waals surface area (Å²) in [5.41, 5.74) is 1.50. The second-order valence-electron chi connectivity index (χ2n) is 4.76. The lowest BCUT2D eigenvalue weighted by Crippen LogP contribution is -2.29. The molecule has 0 aromatic carbocycles. The van der Waals surface area contributed by atoms with E-state index in [1.807, 2.05) is 18.7 Å². The summed E-state index contributed by atoms with van der Waals surface area (Å²) >= 11 is 0. The van der Waals surface area contributed by atoms with Crippen molar-refractivity contribution in [3.05, 3.63) is 11.3 Å². The van der Waals surface area contributed by atoms with Crippen molar-refractivity contribution in [2.75, 3.05) is 38.6 Å². The number of nitrogens with zero attached hydrogens (tertiary/aromatic N) is 5. The summed E-state index contributed by atoms with van der Waals surface area (Å²) in [5.74, 6) is 0.941. The molecule has 0 atom stereocenters. The van der Waals surface area contributed by atoms with Gasteiger partial charge in [-0.15, -0.1) is 0 Å². The number of rotatable bonds is 6. The molecule has 1 aromatic rings. The third kappa shape index (κ3) is 3.23. The van der Waals surface area contributed by atoms with Crippen molar-refractivity contribution in [1.82, 2.24) is 14.7 Å².